The minimum absolute atomic E-state index is 0.161. The molecule has 0 aliphatic heterocycles. The van der Waals surface area contributed by atoms with Crippen molar-refractivity contribution in [3.8, 4) is 11.3 Å². The summed E-state index contributed by atoms with van der Waals surface area (Å²) in [6.45, 7) is 1.97. The van der Waals surface area contributed by atoms with E-state index in [2.05, 4.69) is 10.6 Å². The molecule has 0 aliphatic carbocycles. The van der Waals surface area contributed by atoms with Crippen LogP contribution in [0.25, 0.3) is 22.3 Å². The van der Waals surface area contributed by atoms with Gasteiger partial charge in [0.15, 0.2) is 5.43 Å². The first kappa shape index (κ1) is 17.5. The molecule has 0 spiro atoms. The maximum absolute atomic E-state index is 12.6. The highest BCUT2D eigenvalue weighted by atomic mass is 16.3. The first-order chi connectivity index (χ1) is 13.6. The van der Waals surface area contributed by atoms with E-state index in [0.717, 1.165) is 11.1 Å². The van der Waals surface area contributed by atoms with Crippen molar-refractivity contribution in [2.45, 2.75) is 6.92 Å². The van der Waals surface area contributed by atoms with Gasteiger partial charge >= 0.3 is 6.03 Å². The molecule has 1 aromatic heterocycles. The molecule has 0 atom stereocenters. The Balaban J connectivity index is 1.62. The third kappa shape index (κ3) is 3.64. The van der Waals surface area contributed by atoms with Crippen LogP contribution in [-0.4, -0.2) is 6.03 Å². The molecule has 0 bridgehead atoms. The molecular weight excluding hydrogens is 352 g/mol. The van der Waals surface area contributed by atoms with E-state index >= 15 is 0 Å². The minimum atomic E-state index is -0.383. The van der Waals surface area contributed by atoms with E-state index in [1.807, 2.05) is 49.4 Å². The topological polar surface area (TPSA) is 71.3 Å². The van der Waals surface area contributed by atoms with Crippen LogP contribution in [0.15, 0.2) is 88.1 Å². The predicted octanol–water partition coefficient (Wildman–Crippen LogP) is 5.41. The lowest BCUT2D eigenvalue weighted by atomic mass is 10.1. The molecule has 3 aromatic carbocycles. The van der Waals surface area contributed by atoms with Gasteiger partial charge in [0.05, 0.1) is 5.39 Å². The standard InChI is InChI=1S/C23H18N2O3/c1-15-7-5-6-10-18(15)22-14-20(26)19-13-17(11-12-21(19)28-22)25-23(27)24-16-8-3-2-4-9-16/h2-14H,1H3,(H2,24,25,27). The molecule has 2 amide bonds. The van der Waals surface area contributed by atoms with Crippen LogP contribution in [0, 0.1) is 6.92 Å². The second-order valence-corrected chi connectivity index (χ2v) is 6.45. The Morgan fingerprint density at radius 3 is 2.32 bits per heavy atom. The van der Waals surface area contributed by atoms with Crippen molar-refractivity contribution in [1.82, 2.24) is 0 Å². The molecule has 5 nitrogen and oxygen atoms in total. The van der Waals surface area contributed by atoms with Crippen LogP contribution >= 0.6 is 0 Å². The number of benzene rings is 3. The minimum Gasteiger partial charge on any atom is -0.456 e. The summed E-state index contributed by atoms with van der Waals surface area (Å²) in [5.41, 5.74) is 3.42. The van der Waals surface area contributed by atoms with Crippen LogP contribution in [0.5, 0.6) is 0 Å². The molecule has 0 aliphatic rings. The van der Waals surface area contributed by atoms with Gasteiger partial charge in [-0.2, -0.15) is 0 Å². The van der Waals surface area contributed by atoms with Crippen molar-refractivity contribution in [3.63, 3.8) is 0 Å². The zero-order valence-corrected chi connectivity index (χ0v) is 15.2. The molecule has 4 aromatic rings. The number of rotatable bonds is 3. The van der Waals surface area contributed by atoms with E-state index in [1.54, 1.807) is 30.3 Å². The molecule has 1 heterocycles. The Bertz CT molecular complexity index is 1210. The Kier molecular flexibility index (Phi) is 4.64. The summed E-state index contributed by atoms with van der Waals surface area (Å²) in [4.78, 5) is 24.8. The van der Waals surface area contributed by atoms with E-state index in [9.17, 15) is 9.59 Å². The monoisotopic (exact) mass is 370 g/mol. The molecule has 28 heavy (non-hydrogen) atoms. The highest BCUT2D eigenvalue weighted by Crippen LogP contribution is 2.26. The highest BCUT2D eigenvalue weighted by Gasteiger charge is 2.10. The van der Waals surface area contributed by atoms with Crippen LogP contribution in [0.1, 0.15) is 5.56 Å². The second kappa shape index (κ2) is 7.40. The molecule has 2 N–H and O–H groups in total. The maximum Gasteiger partial charge on any atom is 0.323 e. The fraction of sp³-hybridized carbons (Fsp3) is 0.0435. The maximum atomic E-state index is 12.6. The van der Waals surface area contributed by atoms with Gasteiger partial charge in [0, 0.05) is 23.0 Å². The number of anilines is 2. The third-order valence-electron chi connectivity index (χ3n) is 4.43. The number of hydrogen-bond acceptors (Lipinski definition) is 3. The van der Waals surface area contributed by atoms with Crippen LogP contribution < -0.4 is 16.1 Å². The number of fused-ring (bicyclic) bond motifs is 1. The normalized spacial score (nSPS) is 10.6. The van der Waals surface area contributed by atoms with Gasteiger partial charge in [0.25, 0.3) is 0 Å². The Morgan fingerprint density at radius 1 is 0.821 bits per heavy atom. The fourth-order valence-corrected chi connectivity index (χ4v) is 3.03. The predicted molar refractivity (Wildman–Crippen MR) is 112 cm³/mol. The number of carbonyl (C=O) groups excluding carboxylic acids is 1. The van der Waals surface area contributed by atoms with Crippen LogP contribution in [-0.2, 0) is 0 Å². The average molecular weight is 370 g/mol. The zero-order chi connectivity index (χ0) is 19.5. The quantitative estimate of drug-likeness (QED) is 0.506. The van der Waals surface area contributed by atoms with Crippen molar-refractivity contribution in [3.05, 3.63) is 94.6 Å². The molecule has 5 heteroatoms. The number of para-hydroxylation sites is 1. The molecule has 0 unspecified atom stereocenters. The van der Waals surface area contributed by atoms with E-state index in [1.165, 1.54) is 6.07 Å². The number of amides is 2. The Labute approximate surface area is 161 Å². The largest absolute Gasteiger partial charge is 0.456 e. The summed E-state index contributed by atoms with van der Waals surface area (Å²) in [6, 6.07) is 23.0. The van der Waals surface area contributed by atoms with Gasteiger partial charge in [0.1, 0.15) is 11.3 Å². The van der Waals surface area contributed by atoms with Crippen molar-refractivity contribution in [2.24, 2.45) is 0 Å². The number of carbonyl (C=O) groups is 1. The number of nitrogens with one attached hydrogen (secondary N) is 2. The first-order valence-electron chi connectivity index (χ1n) is 8.87. The molecule has 4 rings (SSSR count). The summed E-state index contributed by atoms with van der Waals surface area (Å²) in [6.07, 6.45) is 0. The molecular formula is C23H18N2O3. The Morgan fingerprint density at radius 2 is 1.54 bits per heavy atom. The van der Waals surface area contributed by atoms with E-state index in [-0.39, 0.29) is 11.5 Å². The van der Waals surface area contributed by atoms with Crippen molar-refractivity contribution < 1.29 is 9.21 Å². The average Bonchev–Trinajstić information content (AvgIpc) is 2.69. The number of hydrogen-bond donors (Lipinski definition) is 2. The van der Waals surface area contributed by atoms with Gasteiger partial charge in [-0.1, -0.05) is 42.5 Å². The van der Waals surface area contributed by atoms with E-state index in [0.29, 0.717) is 28.1 Å². The molecule has 0 fully saturated rings. The molecule has 0 radical (unpaired) electrons. The SMILES string of the molecule is Cc1ccccc1-c1cc(=O)c2cc(NC(=O)Nc3ccccc3)ccc2o1. The number of aryl methyl sites for hydroxylation is 1. The summed E-state index contributed by atoms with van der Waals surface area (Å²) >= 11 is 0. The Hall–Kier alpha value is -3.86. The van der Waals surface area contributed by atoms with Crippen molar-refractivity contribution >= 4 is 28.4 Å². The number of urea groups is 1. The lowest BCUT2D eigenvalue weighted by molar-refractivity contribution is 0.262. The van der Waals surface area contributed by atoms with Gasteiger partial charge in [-0.05, 0) is 42.8 Å². The molecule has 0 saturated heterocycles. The molecule has 0 saturated carbocycles. The lowest BCUT2D eigenvalue weighted by Gasteiger charge is -2.09. The van der Waals surface area contributed by atoms with E-state index < -0.39 is 0 Å². The lowest BCUT2D eigenvalue weighted by Crippen LogP contribution is -2.19. The van der Waals surface area contributed by atoms with Crippen LogP contribution in [0.3, 0.4) is 0 Å². The van der Waals surface area contributed by atoms with Gasteiger partial charge in [-0.3, -0.25) is 4.79 Å². The van der Waals surface area contributed by atoms with Gasteiger partial charge in [0.2, 0.25) is 0 Å². The summed E-state index contributed by atoms with van der Waals surface area (Å²) in [5, 5.41) is 5.88. The molecule has 138 valence electrons. The van der Waals surface area contributed by atoms with E-state index in [4.69, 9.17) is 4.42 Å². The zero-order valence-electron chi connectivity index (χ0n) is 15.2. The highest BCUT2D eigenvalue weighted by molar-refractivity contribution is 6.00. The van der Waals surface area contributed by atoms with Gasteiger partial charge in [-0.25, -0.2) is 4.79 Å². The van der Waals surface area contributed by atoms with Crippen LogP contribution in [0.2, 0.25) is 0 Å². The van der Waals surface area contributed by atoms with Crippen LogP contribution in [0.4, 0.5) is 16.2 Å². The fourth-order valence-electron chi connectivity index (χ4n) is 3.03. The summed E-state index contributed by atoms with van der Waals surface area (Å²) in [5.74, 6) is 0.526. The van der Waals surface area contributed by atoms with Gasteiger partial charge < -0.3 is 15.1 Å². The summed E-state index contributed by atoms with van der Waals surface area (Å²) in [7, 11) is 0. The van der Waals surface area contributed by atoms with Crippen molar-refractivity contribution in [1.29, 1.82) is 0 Å². The smallest absolute Gasteiger partial charge is 0.323 e. The van der Waals surface area contributed by atoms with Gasteiger partial charge in [-0.15, -0.1) is 0 Å². The summed E-state index contributed by atoms with van der Waals surface area (Å²) < 4.78 is 5.94. The first-order valence-corrected chi connectivity index (χ1v) is 8.87. The second-order valence-electron chi connectivity index (χ2n) is 6.45. The third-order valence-corrected chi connectivity index (χ3v) is 4.43. The van der Waals surface area contributed by atoms with Crippen molar-refractivity contribution in [2.75, 3.05) is 10.6 Å².